The summed E-state index contributed by atoms with van der Waals surface area (Å²) in [7, 11) is 0. The third kappa shape index (κ3) is 1.73. The van der Waals surface area contributed by atoms with E-state index in [0.29, 0.717) is 5.39 Å². The first-order chi connectivity index (χ1) is 7.72. The Bertz CT molecular complexity index is 568. The topological polar surface area (TPSA) is 78.8 Å². The van der Waals surface area contributed by atoms with E-state index in [1.165, 1.54) is 6.92 Å². The van der Waals surface area contributed by atoms with Crippen molar-refractivity contribution in [1.82, 2.24) is 10.2 Å². The van der Waals surface area contributed by atoms with Gasteiger partial charge in [-0.25, -0.2) is 4.79 Å². The molecule has 1 N–H and O–H groups in total. The molecule has 2 aromatic rings. The molecule has 0 amide bonds. The summed E-state index contributed by atoms with van der Waals surface area (Å²) in [5.41, 5.74) is 0.969. The van der Waals surface area contributed by atoms with E-state index in [0.717, 1.165) is 5.52 Å². The number of ether oxygens (including phenoxy) is 1. The number of nitrogens with one attached hydrogen (secondary N) is 1. The molecule has 0 spiro atoms. The Morgan fingerprint density at radius 3 is 3.06 bits per heavy atom. The van der Waals surface area contributed by atoms with E-state index >= 15 is 0 Å². The number of aromatic amines is 1. The molecular weight excluding hydrogens is 206 g/mol. The molecule has 5 heteroatoms. The van der Waals surface area contributed by atoms with Gasteiger partial charge in [-0.05, 0) is 13.0 Å². The van der Waals surface area contributed by atoms with Crippen molar-refractivity contribution in [2.24, 2.45) is 0 Å². The minimum atomic E-state index is -0.775. The van der Waals surface area contributed by atoms with Crippen molar-refractivity contribution in [3.63, 3.8) is 0 Å². The van der Waals surface area contributed by atoms with Gasteiger partial charge in [-0.2, -0.15) is 10.4 Å². The van der Waals surface area contributed by atoms with Crippen LogP contribution in [0.5, 0.6) is 0 Å². The third-order valence-corrected chi connectivity index (χ3v) is 2.13. The molecule has 1 heterocycles. The minimum absolute atomic E-state index is 0.206. The van der Waals surface area contributed by atoms with E-state index in [9.17, 15) is 4.79 Å². The number of carbonyl (C=O) groups excluding carboxylic acids is 1. The number of carbonyl (C=O) groups is 1. The normalized spacial score (nSPS) is 12.0. The van der Waals surface area contributed by atoms with E-state index in [4.69, 9.17) is 10.00 Å². The van der Waals surface area contributed by atoms with Gasteiger partial charge in [0.05, 0.1) is 5.52 Å². The lowest BCUT2D eigenvalue weighted by Crippen LogP contribution is -2.13. The first-order valence-electron chi connectivity index (χ1n) is 4.76. The zero-order chi connectivity index (χ0) is 11.5. The van der Waals surface area contributed by atoms with Gasteiger partial charge in [0.15, 0.2) is 11.8 Å². The fourth-order valence-corrected chi connectivity index (χ4v) is 1.36. The lowest BCUT2D eigenvalue weighted by molar-refractivity contribution is 0.0431. The molecule has 0 saturated heterocycles. The molecule has 0 aliphatic carbocycles. The number of rotatable bonds is 2. The molecule has 80 valence electrons. The highest BCUT2D eigenvalue weighted by Gasteiger charge is 2.17. The van der Waals surface area contributed by atoms with Gasteiger partial charge in [0.2, 0.25) is 0 Å². The lowest BCUT2D eigenvalue weighted by Gasteiger charge is -2.03. The Morgan fingerprint density at radius 2 is 2.31 bits per heavy atom. The zero-order valence-corrected chi connectivity index (χ0v) is 8.60. The molecule has 1 aromatic carbocycles. The van der Waals surface area contributed by atoms with E-state index < -0.39 is 12.1 Å². The largest absolute Gasteiger partial charge is 0.442 e. The number of esters is 1. The van der Waals surface area contributed by atoms with E-state index in [1.807, 2.05) is 24.3 Å². The molecule has 0 radical (unpaired) electrons. The molecule has 5 nitrogen and oxygen atoms in total. The molecular formula is C11H9N3O2. The highest BCUT2D eigenvalue weighted by molar-refractivity contribution is 6.01. The van der Waals surface area contributed by atoms with Crippen molar-refractivity contribution in [3.05, 3.63) is 30.0 Å². The van der Waals surface area contributed by atoms with Gasteiger partial charge in [0, 0.05) is 5.39 Å². The van der Waals surface area contributed by atoms with Crippen LogP contribution in [0.1, 0.15) is 17.4 Å². The quantitative estimate of drug-likeness (QED) is 0.772. The fraction of sp³-hybridized carbons (Fsp3) is 0.182. The summed E-state index contributed by atoms with van der Waals surface area (Å²) >= 11 is 0. The summed E-state index contributed by atoms with van der Waals surface area (Å²) in [6, 6.07) is 9.06. The maximum Gasteiger partial charge on any atom is 0.360 e. The van der Waals surface area contributed by atoms with Crippen LogP contribution in [-0.4, -0.2) is 22.3 Å². The molecule has 16 heavy (non-hydrogen) atoms. The van der Waals surface area contributed by atoms with Crippen LogP contribution in [0, 0.1) is 11.3 Å². The van der Waals surface area contributed by atoms with E-state index in [-0.39, 0.29) is 5.69 Å². The van der Waals surface area contributed by atoms with Crippen molar-refractivity contribution in [2.75, 3.05) is 0 Å². The first-order valence-corrected chi connectivity index (χ1v) is 4.76. The Balaban J connectivity index is 2.34. The van der Waals surface area contributed by atoms with Gasteiger partial charge in [-0.3, -0.25) is 5.10 Å². The summed E-state index contributed by atoms with van der Waals surface area (Å²) < 4.78 is 4.87. The number of H-pyrrole nitrogens is 1. The number of para-hydroxylation sites is 1. The van der Waals surface area contributed by atoms with Crippen LogP contribution in [0.2, 0.25) is 0 Å². The zero-order valence-electron chi connectivity index (χ0n) is 8.60. The minimum Gasteiger partial charge on any atom is -0.442 e. The van der Waals surface area contributed by atoms with Crippen LogP contribution in [0.3, 0.4) is 0 Å². The lowest BCUT2D eigenvalue weighted by atomic mass is 10.2. The monoisotopic (exact) mass is 215 g/mol. The van der Waals surface area contributed by atoms with Gasteiger partial charge in [-0.1, -0.05) is 18.2 Å². The van der Waals surface area contributed by atoms with Crippen LogP contribution in [0.15, 0.2) is 24.3 Å². The van der Waals surface area contributed by atoms with Crippen molar-refractivity contribution < 1.29 is 9.53 Å². The fourth-order valence-electron chi connectivity index (χ4n) is 1.36. The van der Waals surface area contributed by atoms with Crippen LogP contribution in [0.4, 0.5) is 0 Å². The number of fused-ring (bicyclic) bond motifs is 1. The molecule has 0 bridgehead atoms. The second kappa shape index (κ2) is 4.03. The summed E-state index contributed by atoms with van der Waals surface area (Å²) in [5, 5.41) is 15.8. The van der Waals surface area contributed by atoms with Gasteiger partial charge in [0.25, 0.3) is 0 Å². The number of nitriles is 1. The van der Waals surface area contributed by atoms with E-state index in [1.54, 1.807) is 6.07 Å². The van der Waals surface area contributed by atoms with Gasteiger partial charge in [0.1, 0.15) is 6.07 Å². The van der Waals surface area contributed by atoms with Crippen LogP contribution in [0.25, 0.3) is 10.9 Å². The van der Waals surface area contributed by atoms with Crippen molar-refractivity contribution >= 4 is 16.9 Å². The Hall–Kier alpha value is -2.35. The average Bonchev–Trinajstić information content (AvgIpc) is 2.72. The molecule has 1 aromatic heterocycles. The standard InChI is InChI=1S/C11H9N3O2/c1-7(6-12)16-11(15)10-8-4-2-3-5-9(8)13-14-10/h2-5,7H,1H3,(H,13,14)/t7-/m1/s1. The van der Waals surface area contributed by atoms with Crippen molar-refractivity contribution in [3.8, 4) is 6.07 Å². The summed E-state index contributed by atoms with van der Waals surface area (Å²) in [4.78, 5) is 11.6. The number of aromatic nitrogens is 2. The van der Waals surface area contributed by atoms with Crippen LogP contribution >= 0.6 is 0 Å². The summed E-state index contributed by atoms with van der Waals surface area (Å²) in [5.74, 6) is -0.591. The molecule has 0 fully saturated rings. The SMILES string of the molecule is C[C@H](C#N)OC(=O)c1n[nH]c2ccccc12. The number of hydrogen-bond acceptors (Lipinski definition) is 4. The van der Waals surface area contributed by atoms with Crippen molar-refractivity contribution in [1.29, 1.82) is 5.26 Å². The number of nitrogens with zero attached hydrogens (tertiary/aromatic N) is 2. The predicted octanol–water partition coefficient (Wildman–Crippen LogP) is 1.63. The Kier molecular flexibility index (Phi) is 2.56. The molecule has 0 aliphatic rings. The van der Waals surface area contributed by atoms with E-state index in [2.05, 4.69) is 10.2 Å². The van der Waals surface area contributed by atoms with Crippen LogP contribution < -0.4 is 0 Å². The third-order valence-electron chi connectivity index (χ3n) is 2.13. The van der Waals surface area contributed by atoms with Gasteiger partial charge >= 0.3 is 5.97 Å². The highest BCUT2D eigenvalue weighted by atomic mass is 16.5. The van der Waals surface area contributed by atoms with Crippen molar-refractivity contribution in [2.45, 2.75) is 13.0 Å². The number of hydrogen-bond donors (Lipinski definition) is 1. The van der Waals surface area contributed by atoms with Gasteiger partial charge < -0.3 is 4.74 Å². The smallest absolute Gasteiger partial charge is 0.360 e. The maximum absolute atomic E-state index is 11.6. The summed E-state index contributed by atoms with van der Waals surface area (Å²) in [6.07, 6.45) is -0.775. The first kappa shape index (κ1) is 10.2. The molecule has 1 atom stereocenters. The maximum atomic E-state index is 11.6. The molecule has 2 rings (SSSR count). The second-order valence-electron chi connectivity index (χ2n) is 3.29. The molecule has 0 aliphatic heterocycles. The second-order valence-corrected chi connectivity index (χ2v) is 3.29. The number of benzene rings is 1. The predicted molar refractivity (Wildman–Crippen MR) is 56.6 cm³/mol. The highest BCUT2D eigenvalue weighted by Crippen LogP contribution is 2.16. The van der Waals surface area contributed by atoms with Crippen LogP contribution in [-0.2, 0) is 4.74 Å². The average molecular weight is 215 g/mol. The summed E-state index contributed by atoms with van der Waals surface area (Å²) in [6.45, 7) is 1.51. The van der Waals surface area contributed by atoms with Gasteiger partial charge in [-0.15, -0.1) is 0 Å². The Labute approximate surface area is 91.6 Å². The Morgan fingerprint density at radius 1 is 1.56 bits per heavy atom. The molecule has 0 saturated carbocycles. The molecule has 0 unspecified atom stereocenters.